The first-order chi connectivity index (χ1) is 12.9. The number of carbonyl (C=O) groups is 2. The molecule has 1 atom stereocenters. The van der Waals surface area contributed by atoms with Gasteiger partial charge in [-0.05, 0) is 60.6 Å². The number of fused-ring (bicyclic) bond motifs is 1. The van der Waals surface area contributed by atoms with Crippen molar-refractivity contribution in [2.24, 2.45) is 5.41 Å². The van der Waals surface area contributed by atoms with E-state index in [9.17, 15) is 14.7 Å². The zero-order valence-electron chi connectivity index (χ0n) is 14.9. The molecule has 0 aliphatic heterocycles. The molecular weight excluding hydrogens is 366 g/mol. The van der Waals surface area contributed by atoms with Crippen LogP contribution >= 0.6 is 11.6 Å². The van der Waals surface area contributed by atoms with Crippen LogP contribution in [-0.4, -0.2) is 24.6 Å². The normalized spacial score (nSPS) is 22.0. The Kier molecular flexibility index (Phi) is 4.15. The highest BCUT2D eigenvalue weighted by Crippen LogP contribution is 2.63. The van der Waals surface area contributed by atoms with Gasteiger partial charge in [-0.25, -0.2) is 4.79 Å². The lowest BCUT2D eigenvalue weighted by Gasteiger charge is -2.42. The number of aryl methyl sites for hydroxylation is 1. The molecule has 0 radical (unpaired) electrons. The molecule has 0 aromatic heterocycles. The van der Waals surface area contributed by atoms with Gasteiger partial charge in [-0.1, -0.05) is 29.8 Å². The number of amides is 1. The number of aldehydes is 1. The molecule has 1 saturated carbocycles. The van der Waals surface area contributed by atoms with E-state index in [0.29, 0.717) is 10.8 Å². The number of carbonyl (C=O) groups excluding carboxylic acids is 1. The van der Waals surface area contributed by atoms with Crippen molar-refractivity contribution in [2.75, 3.05) is 7.11 Å². The van der Waals surface area contributed by atoms with Gasteiger partial charge in [-0.2, -0.15) is 0 Å². The largest absolute Gasteiger partial charge is 0.497 e. The molecule has 0 bridgehead atoms. The number of benzene rings is 2. The second kappa shape index (κ2) is 6.27. The number of halogens is 1. The number of rotatable bonds is 4. The first kappa shape index (κ1) is 17.9. The van der Waals surface area contributed by atoms with Crippen LogP contribution in [0.5, 0.6) is 5.75 Å². The van der Waals surface area contributed by atoms with E-state index in [2.05, 4.69) is 5.32 Å². The molecular formula is C21H20ClNO4. The lowest BCUT2D eigenvalue weighted by Crippen LogP contribution is -2.55. The predicted octanol–water partition coefficient (Wildman–Crippen LogP) is 4.40. The van der Waals surface area contributed by atoms with Crippen LogP contribution in [0.1, 0.15) is 30.4 Å². The van der Waals surface area contributed by atoms with Gasteiger partial charge in [0.25, 0.3) is 0 Å². The fourth-order valence-electron chi connectivity index (χ4n) is 4.45. The van der Waals surface area contributed by atoms with Crippen LogP contribution in [0.15, 0.2) is 36.4 Å². The van der Waals surface area contributed by atoms with Crippen molar-refractivity contribution < 1.29 is 19.4 Å². The third-order valence-corrected chi connectivity index (χ3v) is 6.37. The molecule has 2 aromatic rings. The number of hydrogen-bond donors (Lipinski definition) is 2. The number of carboxylic acid groups (broad SMARTS) is 1. The second-order valence-electron chi connectivity index (χ2n) is 7.35. The second-order valence-corrected chi connectivity index (χ2v) is 7.76. The molecule has 1 spiro atoms. The fraction of sp³-hybridized carbons (Fsp3) is 0.333. The Labute approximate surface area is 162 Å². The van der Waals surface area contributed by atoms with Gasteiger partial charge in [0, 0.05) is 11.0 Å². The summed E-state index contributed by atoms with van der Waals surface area (Å²) in [6.45, 7) is 0. The third kappa shape index (κ3) is 2.69. The standard InChI is InChI=1S/C21H20ClNO4/c1-27-15-3-4-16(18(22)11-15)13-2-5-17-14(10-13)6-7-20(8-9-20)21(17,12-24)23-19(25)26/h2-5,10-12,23H,6-9H2,1H3,(H,25,26)/t21-/m1/s1. The number of hydrogen-bond acceptors (Lipinski definition) is 3. The third-order valence-electron chi connectivity index (χ3n) is 6.06. The van der Waals surface area contributed by atoms with Crippen molar-refractivity contribution in [3.8, 4) is 16.9 Å². The molecule has 6 heteroatoms. The van der Waals surface area contributed by atoms with E-state index in [1.807, 2.05) is 30.3 Å². The van der Waals surface area contributed by atoms with Crippen molar-refractivity contribution in [3.63, 3.8) is 0 Å². The van der Waals surface area contributed by atoms with E-state index in [1.54, 1.807) is 13.2 Å². The first-order valence-electron chi connectivity index (χ1n) is 8.89. The van der Waals surface area contributed by atoms with Gasteiger partial charge in [0.15, 0.2) is 6.29 Å². The van der Waals surface area contributed by atoms with E-state index < -0.39 is 11.6 Å². The first-order valence-corrected chi connectivity index (χ1v) is 9.27. The topological polar surface area (TPSA) is 75.6 Å². The van der Waals surface area contributed by atoms with Crippen LogP contribution in [0.4, 0.5) is 4.79 Å². The molecule has 1 fully saturated rings. The monoisotopic (exact) mass is 385 g/mol. The molecule has 140 valence electrons. The maximum atomic E-state index is 12.2. The number of methoxy groups -OCH3 is 1. The summed E-state index contributed by atoms with van der Waals surface area (Å²) < 4.78 is 5.20. The Balaban J connectivity index is 1.81. The molecule has 2 N–H and O–H groups in total. The van der Waals surface area contributed by atoms with Gasteiger partial charge in [-0.3, -0.25) is 0 Å². The molecule has 1 amide bonds. The molecule has 0 unspecified atom stereocenters. The molecule has 5 nitrogen and oxygen atoms in total. The Morgan fingerprint density at radius 2 is 2.00 bits per heavy atom. The molecule has 2 aromatic carbocycles. The van der Waals surface area contributed by atoms with Crippen molar-refractivity contribution in [1.82, 2.24) is 5.32 Å². The van der Waals surface area contributed by atoms with Crippen molar-refractivity contribution in [3.05, 3.63) is 52.5 Å². The minimum atomic E-state index is -1.18. The molecule has 2 aliphatic carbocycles. The lowest BCUT2D eigenvalue weighted by atomic mass is 9.67. The maximum Gasteiger partial charge on any atom is 0.405 e. The van der Waals surface area contributed by atoms with E-state index in [0.717, 1.165) is 54.2 Å². The van der Waals surface area contributed by atoms with E-state index >= 15 is 0 Å². The van der Waals surface area contributed by atoms with Crippen molar-refractivity contribution >= 4 is 24.0 Å². The van der Waals surface area contributed by atoms with Crippen LogP contribution in [0.25, 0.3) is 11.1 Å². The summed E-state index contributed by atoms with van der Waals surface area (Å²) in [7, 11) is 1.59. The van der Waals surface area contributed by atoms with Gasteiger partial charge < -0.3 is 20.0 Å². The average Bonchev–Trinajstić information content (AvgIpc) is 3.44. The summed E-state index contributed by atoms with van der Waals surface area (Å²) >= 11 is 6.41. The van der Waals surface area contributed by atoms with Gasteiger partial charge in [0.1, 0.15) is 11.3 Å². The molecule has 0 heterocycles. The minimum absolute atomic E-state index is 0.292. The molecule has 27 heavy (non-hydrogen) atoms. The lowest BCUT2D eigenvalue weighted by molar-refractivity contribution is -0.116. The van der Waals surface area contributed by atoms with Gasteiger partial charge >= 0.3 is 6.09 Å². The minimum Gasteiger partial charge on any atom is -0.497 e. The van der Waals surface area contributed by atoms with Crippen LogP contribution < -0.4 is 10.1 Å². The Morgan fingerprint density at radius 1 is 1.22 bits per heavy atom. The van der Waals surface area contributed by atoms with Crippen molar-refractivity contribution in [2.45, 2.75) is 31.2 Å². The highest BCUT2D eigenvalue weighted by atomic mass is 35.5. The summed E-state index contributed by atoms with van der Waals surface area (Å²) in [5.74, 6) is 0.683. The Hall–Kier alpha value is -2.53. The van der Waals surface area contributed by atoms with E-state index in [4.69, 9.17) is 16.3 Å². The van der Waals surface area contributed by atoms with Gasteiger partial charge in [0.05, 0.1) is 12.1 Å². The predicted molar refractivity (Wildman–Crippen MR) is 102 cm³/mol. The molecule has 2 aliphatic rings. The quantitative estimate of drug-likeness (QED) is 0.764. The van der Waals surface area contributed by atoms with E-state index in [1.165, 1.54) is 0 Å². The Morgan fingerprint density at radius 3 is 2.59 bits per heavy atom. The highest BCUT2D eigenvalue weighted by molar-refractivity contribution is 6.33. The fourth-order valence-corrected chi connectivity index (χ4v) is 4.73. The van der Waals surface area contributed by atoms with Crippen LogP contribution in [0.3, 0.4) is 0 Å². The summed E-state index contributed by atoms with van der Waals surface area (Å²) in [5.41, 5.74) is 2.08. The number of nitrogens with one attached hydrogen (secondary N) is 1. The van der Waals surface area contributed by atoms with Crippen LogP contribution in [0.2, 0.25) is 5.02 Å². The molecule has 4 rings (SSSR count). The zero-order chi connectivity index (χ0) is 19.2. The highest BCUT2D eigenvalue weighted by Gasteiger charge is 2.63. The summed E-state index contributed by atoms with van der Waals surface area (Å²) in [6.07, 6.45) is 2.93. The van der Waals surface area contributed by atoms with Crippen LogP contribution in [0, 0.1) is 5.41 Å². The van der Waals surface area contributed by atoms with E-state index in [-0.39, 0.29) is 5.41 Å². The SMILES string of the molecule is COc1ccc(-c2ccc3c(c2)CCC2(CC2)[C@]3(C=O)NC(=O)O)c(Cl)c1. The molecule has 0 saturated heterocycles. The number of ether oxygens (including phenoxy) is 1. The maximum absolute atomic E-state index is 12.2. The summed E-state index contributed by atoms with van der Waals surface area (Å²) in [4.78, 5) is 23.6. The Bertz CT molecular complexity index is 938. The summed E-state index contributed by atoms with van der Waals surface area (Å²) in [5, 5.41) is 12.5. The summed E-state index contributed by atoms with van der Waals surface area (Å²) in [6, 6.07) is 11.3. The average molecular weight is 386 g/mol. The van der Waals surface area contributed by atoms with Gasteiger partial charge in [0.2, 0.25) is 0 Å². The van der Waals surface area contributed by atoms with Crippen LogP contribution in [-0.2, 0) is 16.8 Å². The zero-order valence-corrected chi connectivity index (χ0v) is 15.7. The van der Waals surface area contributed by atoms with Gasteiger partial charge in [-0.15, -0.1) is 0 Å². The smallest absolute Gasteiger partial charge is 0.405 e. The van der Waals surface area contributed by atoms with Crippen molar-refractivity contribution in [1.29, 1.82) is 0 Å².